The number of pyridine rings is 1. The van der Waals surface area contributed by atoms with Gasteiger partial charge in [-0.15, -0.1) is 0 Å². The van der Waals surface area contributed by atoms with E-state index < -0.39 is 0 Å². The van der Waals surface area contributed by atoms with Gasteiger partial charge in [0, 0.05) is 18.4 Å². The predicted octanol–water partition coefficient (Wildman–Crippen LogP) is 4.03. The maximum absolute atomic E-state index is 13.5. The molecule has 0 aliphatic carbocycles. The number of halogens is 2. The standard InChI is InChI=1S/C17H20ClFN2/c1-2-21-15(9-8-13-5-4-10-20-12-13)11-14-6-3-7-16(19)17(14)18/h3-7,10,12,15,21H,2,8-9,11H2,1H3. The Morgan fingerprint density at radius 2 is 2.14 bits per heavy atom. The molecule has 112 valence electrons. The average molecular weight is 307 g/mol. The molecule has 0 spiro atoms. The zero-order chi connectivity index (χ0) is 15.1. The molecule has 0 aliphatic rings. The van der Waals surface area contributed by atoms with Crippen LogP contribution in [0.4, 0.5) is 4.39 Å². The highest BCUT2D eigenvalue weighted by Crippen LogP contribution is 2.22. The number of hydrogen-bond acceptors (Lipinski definition) is 2. The molecule has 1 aromatic heterocycles. The largest absolute Gasteiger partial charge is 0.314 e. The van der Waals surface area contributed by atoms with Crippen molar-refractivity contribution in [2.75, 3.05) is 6.54 Å². The van der Waals surface area contributed by atoms with Gasteiger partial charge in [0.2, 0.25) is 0 Å². The summed E-state index contributed by atoms with van der Waals surface area (Å²) in [5.74, 6) is -0.350. The Labute approximate surface area is 130 Å². The average Bonchev–Trinajstić information content (AvgIpc) is 2.50. The zero-order valence-corrected chi connectivity index (χ0v) is 12.9. The lowest BCUT2D eigenvalue weighted by molar-refractivity contribution is 0.489. The van der Waals surface area contributed by atoms with Crippen molar-refractivity contribution in [2.24, 2.45) is 0 Å². The van der Waals surface area contributed by atoms with E-state index in [1.807, 2.05) is 18.3 Å². The molecule has 1 N–H and O–H groups in total. The van der Waals surface area contributed by atoms with Crippen LogP contribution in [0.3, 0.4) is 0 Å². The summed E-state index contributed by atoms with van der Waals surface area (Å²) < 4.78 is 13.5. The minimum atomic E-state index is -0.350. The Balaban J connectivity index is 2.00. The van der Waals surface area contributed by atoms with Crippen molar-refractivity contribution in [1.29, 1.82) is 0 Å². The maximum atomic E-state index is 13.5. The second kappa shape index (κ2) is 8.11. The molecule has 0 fully saturated rings. The van der Waals surface area contributed by atoms with Crippen molar-refractivity contribution < 1.29 is 4.39 Å². The van der Waals surface area contributed by atoms with Crippen molar-refractivity contribution >= 4 is 11.6 Å². The Morgan fingerprint density at radius 3 is 2.86 bits per heavy atom. The minimum absolute atomic E-state index is 0.238. The number of rotatable bonds is 7. The van der Waals surface area contributed by atoms with Crippen LogP contribution in [0.15, 0.2) is 42.7 Å². The van der Waals surface area contributed by atoms with Crippen LogP contribution < -0.4 is 5.32 Å². The van der Waals surface area contributed by atoms with Crippen LogP contribution in [-0.4, -0.2) is 17.6 Å². The van der Waals surface area contributed by atoms with Gasteiger partial charge >= 0.3 is 0 Å². The van der Waals surface area contributed by atoms with Crippen LogP contribution in [-0.2, 0) is 12.8 Å². The number of nitrogens with one attached hydrogen (secondary N) is 1. The molecule has 2 aromatic rings. The Hall–Kier alpha value is -1.45. The molecule has 2 nitrogen and oxygen atoms in total. The number of nitrogens with zero attached hydrogens (tertiary/aromatic N) is 1. The Kier molecular flexibility index (Phi) is 6.15. The van der Waals surface area contributed by atoms with Gasteiger partial charge in [-0.25, -0.2) is 4.39 Å². The van der Waals surface area contributed by atoms with Crippen LogP contribution in [0.1, 0.15) is 24.5 Å². The molecule has 0 radical (unpaired) electrons. The lowest BCUT2D eigenvalue weighted by Crippen LogP contribution is -2.31. The molecule has 0 bridgehead atoms. The molecular formula is C17H20ClFN2. The third-order valence-corrected chi connectivity index (χ3v) is 3.92. The first-order valence-electron chi connectivity index (χ1n) is 7.26. The number of likely N-dealkylation sites (N-methyl/N-ethyl adjacent to an activating group) is 1. The highest BCUT2D eigenvalue weighted by atomic mass is 35.5. The van der Waals surface area contributed by atoms with Crippen molar-refractivity contribution in [1.82, 2.24) is 10.3 Å². The Bertz CT molecular complexity index is 560. The van der Waals surface area contributed by atoms with Gasteiger partial charge in [-0.2, -0.15) is 0 Å². The summed E-state index contributed by atoms with van der Waals surface area (Å²) in [4.78, 5) is 4.13. The molecule has 0 amide bonds. The number of aromatic nitrogens is 1. The molecular weight excluding hydrogens is 287 g/mol. The third kappa shape index (κ3) is 4.80. The molecule has 0 saturated carbocycles. The van der Waals surface area contributed by atoms with Crippen LogP contribution in [0.2, 0.25) is 5.02 Å². The van der Waals surface area contributed by atoms with E-state index in [-0.39, 0.29) is 16.9 Å². The molecule has 2 rings (SSSR count). The fraction of sp³-hybridized carbons (Fsp3) is 0.353. The van der Waals surface area contributed by atoms with Crippen molar-refractivity contribution in [2.45, 2.75) is 32.2 Å². The van der Waals surface area contributed by atoms with Crippen LogP contribution >= 0.6 is 11.6 Å². The minimum Gasteiger partial charge on any atom is -0.314 e. The van der Waals surface area contributed by atoms with Crippen molar-refractivity contribution in [3.8, 4) is 0 Å². The van der Waals surface area contributed by atoms with E-state index in [1.165, 1.54) is 11.6 Å². The first-order chi connectivity index (χ1) is 10.2. The van der Waals surface area contributed by atoms with Gasteiger partial charge in [0.05, 0.1) is 5.02 Å². The van der Waals surface area contributed by atoms with Crippen LogP contribution in [0.25, 0.3) is 0 Å². The quantitative estimate of drug-likeness (QED) is 0.835. The third-order valence-electron chi connectivity index (χ3n) is 3.49. The number of benzene rings is 1. The summed E-state index contributed by atoms with van der Waals surface area (Å²) in [5, 5.41) is 3.68. The topological polar surface area (TPSA) is 24.9 Å². The molecule has 1 aromatic carbocycles. The highest BCUT2D eigenvalue weighted by Gasteiger charge is 2.13. The van der Waals surface area contributed by atoms with E-state index in [9.17, 15) is 4.39 Å². The fourth-order valence-corrected chi connectivity index (χ4v) is 2.63. The zero-order valence-electron chi connectivity index (χ0n) is 12.2. The maximum Gasteiger partial charge on any atom is 0.142 e. The second-order valence-corrected chi connectivity index (χ2v) is 5.45. The smallest absolute Gasteiger partial charge is 0.142 e. The van der Waals surface area contributed by atoms with Gasteiger partial charge in [0.25, 0.3) is 0 Å². The molecule has 0 saturated heterocycles. The van der Waals surface area contributed by atoms with E-state index in [2.05, 4.69) is 23.3 Å². The van der Waals surface area contributed by atoms with E-state index in [0.29, 0.717) is 0 Å². The van der Waals surface area contributed by atoms with E-state index >= 15 is 0 Å². The van der Waals surface area contributed by atoms with Gasteiger partial charge in [-0.3, -0.25) is 4.98 Å². The van der Waals surface area contributed by atoms with E-state index in [4.69, 9.17) is 11.6 Å². The lowest BCUT2D eigenvalue weighted by Gasteiger charge is -2.18. The monoisotopic (exact) mass is 306 g/mol. The molecule has 0 aliphatic heterocycles. The van der Waals surface area contributed by atoms with E-state index in [0.717, 1.165) is 31.4 Å². The fourth-order valence-electron chi connectivity index (χ4n) is 2.42. The predicted molar refractivity (Wildman–Crippen MR) is 85.1 cm³/mol. The summed E-state index contributed by atoms with van der Waals surface area (Å²) in [6.45, 7) is 2.95. The van der Waals surface area contributed by atoms with Gasteiger partial charge in [-0.1, -0.05) is 36.7 Å². The molecule has 1 heterocycles. The van der Waals surface area contributed by atoms with Crippen molar-refractivity contribution in [3.63, 3.8) is 0 Å². The number of hydrogen-bond donors (Lipinski definition) is 1. The summed E-state index contributed by atoms with van der Waals surface area (Å²) in [5.41, 5.74) is 2.07. The summed E-state index contributed by atoms with van der Waals surface area (Å²) in [6.07, 6.45) is 6.30. The second-order valence-electron chi connectivity index (χ2n) is 5.07. The summed E-state index contributed by atoms with van der Waals surface area (Å²) in [6, 6.07) is 9.28. The van der Waals surface area contributed by atoms with Crippen LogP contribution in [0.5, 0.6) is 0 Å². The first kappa shape index (κ1) is 15.9. The number of aryl methyl sites for hydroxylation is 1. The highest BCUT2D eigenvalue weighted by molar-refractivity contribution is 6.31. The SMILES string of the molecule is CCNC(CCc1cccnc1)Cc1cccc(F)c1Cl. The summed E-state index contributed by atoms with van der Waals surface area (Å²) in [7, 11) is 0. The van der Waals surface area contributed by atoms with Crippen molar-refractivity contribution in [3.05, 3.63) is 64.7 Å². The molecule has 1 atom stereocenters. The van der Waals surface area contributed by atoms with Gasteiger partial charge < -0.3 is 5.32 Å². The normalized spacial score (nSPS) is 12.3. The van der Waals surface area contributed by atoms with Gasteiger partial charge in [-0.05, 0) is 49.1 Å². The van der Waals surface area contributed by atoms with E-state index in [1.54, 1.807) is 12.3 Å². The van der Waals surface area contributed by atoms with Gasteiger partial charge in [0.15, 0.2) is 0 Å². The lowest BCUT2D eigenvalue weighted by atomic mass is 9.99. The van der Waals surface area contributed by atoms with Crippen LogP contribution in [0, 0.1) is 5.82 Å². The molecule has 21 heavy (non-hydrogen) atoms. The van der Waals surface area contributed by atoms with Gasteiger partial charge in [0.1, 0.15) is 5.82 Å². The Morgan fingerprint density at radius 1 is 1.29 bits per heavy atom. The summed E-state index contributed by atoms with van der Waals surface area (Å²) >= 11 is 6.04. The molecule has 4 heteroatoms. The first-order valence-corrected chi connectivity index (χ1v) is 7.63. The molecule has 1 unspecified atom stereocenters.